The Bertz CT molecular complexity index is 911. The topological polar surface area (TPSA) is 93.1 Å². The normalized spacial score (nSPS) is 32.1. The first-order valence-electron chi connectivity index (χ1n) is 19.2. The minimum atomic E-state index is -0.613. The van der Waals surface area contributed by atoms with Crippen LogP contribution in [0, 0.1) is 53.3 Å². The van der Waals surface area contributed by atoms with Gasteiger partial charge in [-0.05, 0) is 137 Å². The maximum Gasteiger partial charge on any atom is 0.335 e. The highest BCUT2D eigenvalue weighted by atomic mass is 16.5. The Morgan fingerprint density at radius 3 is 1.28 bits per heavy atom. The van der Waals surface area contributed by atoms with E-state index in [0.29, 0.717) is 5.92 Å². The van der Waals surface area contributed by atoms with Gasteiger partial charge in [-0.2, -0.15) is 0 Å². The van der Waals surface area contributed by atoms with Gasteiger partial charge in [0.1, 0.15) is 0 Å². The molecule has 0 aromatic heterocycles. The third-order valence-corrected chi connectivity index (χ3v) is 13.0. The third-order valence-electron chi connectivity index (χ3n) is 13.0. The Balaban J connectivity index is 1.16. The molecule has 4 rings (SSSR count). The monoisotopic (exact) mass is 642 g/mol. The van der Waals surface area contributed by atoms with Crippen LogP contribution >= 0.6 is 0 Å². The molecule has 4 fully saturated rings. The lowest BCUT2D eigenvalue weighted by atomic mass is 9.62. The van der Waals surface area contributed by atoms with Crippen molar-refractivity contribution in [3.8, 4) is 0 Å². The van der Waals surface area contributed by atoms with Crippen LogP contribution in [0.25, 0.3) is 0 Å². The van der Waals surface area contributed by atoms with E-state index in [-0.39, 0.29) is 30.3 Å². The summed E-state index contributed by atoms with van der Waals surface area (Å²) in [6.07, 6.45) is 27.7. The fourth-order valence-corrected chi connectivity index (χ4v) is 9.91. The molecule has 0 amide bonds. The van der Waals surface area contributed by atoms with E-state index in [4.69, 9.17) is 9.47 Å². The summed E-state index contributed by atoms with van der Waals surface area (Å²) in [5.74, 6) is 5.50. The van der Waals surface area contributed by atoms with Crippen molar-refractivity contribution < 1.29 is 29.3 Å². The van der Waals surface area contributed by atoms with Gasteiger partial charge in [-0.15, -0.1) is 0 Å². The molecule has 0 heterocycles. The summed E-state index contributed by atoms with van der Waals surface area (Å²) >= 11 is 0. The van der Waals surface area contributed by atoms with E-state index in [1.807, 2.05) is 0 Å². The molecular weight excluding hydrogens is 576 g/mol. The number of aliphatic hydroxyl groups is 2. The van der Waals surface area contributed by atoms with Crippen molar-refractivity contribution in [3.05, 3.63) is 24.3 Å². The van der Waals surface area contributed by atoms with Gasteiger partial charge in [0.25, 0.3) is 0 Å². The fraction of sp³-hybridized carbons (Fsp3) is 0.850. The molecule has 4 aliphatic carbocycles. The molecule has 0 aromatic carbocycles. The highest BCUT2D eigenvalue weighted by molar-refractivity contribution is 5.88. The zero-order valence-electron chi connectivity index (χ0n) is 29.1. The number of hydrogen-bond donors (Lipinski definition) is 2. The van der Waals surface area contributed by atoms with Gasteiger partial charge in [0.15, 0.2) is 0 Å². The average molecular weight is 643 g/mol. The van der Waals surface area contributed by atoms with Crippen LogP contribution in [-0.2, 0) is 19.1 Å². The molecule has 0 atom stereocenters. The van der Waals surface area contributed by atoms with Crippen molar-refractivity contribution in [1.29, 1.82) is 0 Å². The summed E-state index contributed by atoms with van der Waals surface area (Å²) in [4.78, 5) is 24.3. The van der Waals surface area contributed by atoms with Gasteiger partial charge in [0.05, 0.1) is 37.6 Å². The van der Waals surface area contributed by atoms with Crippen molar-refractivity contribution in [2.45, 2.75) is 135 Å². The second kappa shape index (κ2) is 19.4. The van der Waals surface area contributed by atoms with Gasteiger partial charge in [-0.3, -0.25) is 0 Å². The molecule has 0 spiro atoms. The summed E-state index contributed by atoms with van der Waals surface area (Å²) in [5, 5.41) is 18.4. The van der Waals surface area contributed by atoms with Crippen LogP contribution < -0.4 is 0 Å². The Hall–Kier alpha value is -1.66. The standard InChI is InChI=1S/C40H66O6/c1-4-5-6-7-30-8-10-31(11-9-30)32-12-14-33(15-13-32)34-16-18-35(19-17-34)36-20-22-37(23-21-36)38(26-45-39(43)28(2)24-41)27-46-40(44)29(3)25-42/h30-38,41-42H,2-27H2,1H3. The van der Waals surface area contributed by atoms with Gasteiger partial charge >= 0.3 is 11.9 Å². The Labute approximate surface area is 280 Å². The van der Waals surface area contributed by atoms with Crippen LogP contribution in [-0.4, -0.2) is 48.6 Å². The minimum Gasteiger partial charge on any atom is -0.462 e. The largest absolute Gasteiger partial charge is 0.462 e. The van der Waals surface area contributed by atoms with E-state index >= 15 is 0 Å². The summed E-state index contributed by atoms with van der Waals surface area (Å²) in [6.45, 7) is 8.79. The summed E-state index contributed by atoms with van der Waals surface area (Å²) < 4.78 is 10.9. The fourth-order valence-electron chi connectivity index (χ4n) is 9.91. The van der Waals surface area contributed by atoms with E-state index in [1.165, 1.54) is 116 Å². The molecule has 0 aromatic rings. The van der Waals surface area contributed by atoms with E-state index in [1.54, 1.807) is 0 Å². The number of carbonyl (C=O) groups excluding carboxylic acids is 2. The first-order valence-corrected chi connectivity index (χ1v) is 19.2. The summed E-state index contributed by atoms with van der Waals surface area (Å²) in [6, 6.07) is 0. The van der Waals surface area contributed by atoms with Crippen LogP contribution in [0.1, 0.15) is 135 Å². The number of rotatable bonds is 16. The maximum absolute atomic E-state index is 12.2. The first-order chi connectivity index (χ1) is 22.3. The molecule has 262 valence electrons. The predicted octanol–water partition coefficient (Wildman–Crippen LogP) is 8.59. The van der Waals surface area contributed by atoms with Crippen LogP contribution in [0.2, 0.25) is 0 Å². The van der Waals surface area contributed by atoms with Crippen molar-refractivity contribution >= 4 is 11.9 Å². The molecule has 0 saturated heterocycles. The summed E-state index contributed by atoms with van der Waals surface area (Å²) in [7, 11) is 0. The number of esters is 2. The lowest BCUT2D eigenvalue weighted by Gasteiger charge is -2.43. The van der Waals surface area contributed by atoms with Gasteiger partial charge in [0.2, 0.25) is 0 Å². The SMILES string of the molecule is C=C(CO)C(=O)OCC(COC(=O)C(=C)CO)C1CCC(C2CCC(C3CCC(C4CCC(CCCCC)CC4)CC3)CC2)CC1. The highest BCUT2D eigenvalue weighted by Crippen LogP contribution is 2.49. The van der Waals surface area contributed by atoms with Crippen molar-refractivity contribution in [2.75, 3.05) is 26.4 Å². The van der Waals surface area contributed by atoms with Crippen LogP contribution in [0.15, 0.2) is 24.3 Å². The summed E-state index contributed by atoms with van der Waals surface area (Å²) in [5.41, 5.74) is 0.0411. The average Bonchev–Trinajstić information content (AvgIpc) is 3.11. The van der Waals surface area contributed by atoms with E-state index in [0.717, 1.165) is 54.3 Å². The lowest BCUT2D eigenvalue weighted by molar-refractivity contribution is -0.146. The number of ether oxygens (including phenoxy) is 2. The number of aliphatic hydroxyl groups excluding tert-OH is 2. The molecular formula is C40H66O6. The van der Waals surface area contributed by atoms with E-state index in [2.05, 4.69) is 20.1 Å². The molecule has 0 aliphatic heterocycles. The van der Waals surface area contributed by atoms with Crippen molar-refractivity contribution in [1.82, 2.24) is 0 Å². The molecule has 4 saturated carbocycles. The van der Waals surface area contributed by atoms with E-state index in [9.17, 15) is 19.8 Å². The van der Waals surface area contributed by atoms with Crippen molar-refractivity contribution in [3.63, 3.8) is 0 Å². The number of unbranched alkanes of at least 4 members (excludes halogenated alkanes) is 2. The second-order valence-electron chi connectivity index (χ2n) is 15.8. The molecule has 2 N–H and O–H groups in total. The zero-order valence-corrected chi connectivity index (χ0v) is 29.1. The quantitative estimate of drug-likeness (QED) is 0.0995. The molecule has 0 radical (unpaired) electrons. The smallest absolute Gasteiger partial charge is 0.335 e. The Kier molecular flexibility index (Phi) is 15.6. The van der Waals surface area contributed by atoms with Gasteiger partial charge in [0, 0.05) is 5.92 Å². The zero-order chi connectivity index (χ0) is 32.9. The lowest BCUT2D eigenvalue weighted by Crippen LogP contribution is -2.34. The number of carbonyl (C=O) groups is 2. The minimum absolute atomic E-state index is 0.0205. The second-order valence-corrected chi connectivity index (χ2v) is 15.8. The molecule has 6 heteroatoms. The molecule has 46 heavy (non-hydrogen) atoms. The number of hydrogen-bond acceptors (Lipinski definition) is 6. The molecule has 0 unspecified atom stereocenters. The Morgan fingerprint density at radius 1 is 0.587 bits per heavy atom. The maximum atomic E-state index is 12.2. The first kappa shape index (κ1) is 37.2. The van der Waals surface area contributed by atoms with Gasteiger partial charge < -0.3 is 19.7 Å². The van der Waals surface area contributed by atoms with Crippen LogP contribution in [0.5, 0.6) is 0 Å². The third kappa shape index (κ3) is 10.9. The molecule has 6 nitrogen and oxygen atoms in total. The van der Waals surface area contributed by atoms with Gasteiger partial charge in [-0.25, -0.2) is 9.59 Å². The molecule has 0 bridgehead atoms. The van der Waals surface area contributed by atoms with Crippen LogP contribution in [0.4, 0.5) is 0 Å². The predicted molar refractivity (Wildman–Crippen MR) is 184 cm³/mol. The molecule has 4 aliphatic rings. The van der Waals surface area contributed by atoms with Crippen molar-refractivity contribution in [2.24, 2.45) is 53.3 Å². The highest BCUT2D eigenvalue weighted by Gasteiger charge is 2.38. The van der Waals surface area contributed by atoms with Gasteiger partial charge in [-0.1, -0.05) is 58.6 Å². The van der Waals surface area contributed by atoms with E-state index < -0.39 is 25.2 Å². The Morgan fingerprint density at radius 2 is 0.935 bits per heavy atom. The van der Waals surface area contributed by atoms with Crippen LogP contribution in [0.3, 0.4) is 0 Å².